The van der Waals surface area contributed by atoms with Gasteiger partial charge in [0.2, 0.25) is 0 Å². The topological polar surface area (TPSA) is 45.5 Å². The van der Waals surface area contributed by atoms with E-state index < -0.39 is 23.4 Å². The zero-order valence-electron chi connectivity index (χ0n) is 12.3. The summed E-state index contributed by atoms with van der Waals surface area (Å²) < 4.78 is 32.6. The molecule has 23 heavy (non-hydrogen) atoms. The monoisotopic (exact) mass is 338 g/mol. The highest BCUT2D eigenvalue weighted by atomic mass is 32.2. The number of anilines is 1. The molecule has 1 aliphatic heterocycles. The average molecular weight is 338 g/mol. The van der Waals surface area contributed by atoms with Gasteiger partial charge in [-0.05, 0) is 30.7 Å². The first-order valence-electron chi connectivity index (χ1n) is 7.30. The number of hydrogen-bond acceptors (Lipinski definition) is 3. The maximum Gasteiger partial charge on any atom is 0.322 e. The number of benzene rings is 1. The third kappa shape index (κ3) is 3.67. The van der Waals surface area contributed by atoms with Gasteiger partial charge in [-0.25, -0.2) is 13.6 Å². The summed E-state index contributed by atoms with van der Waals surface area (Å²) in [6.45, 7) is 1.02. The minimum atomic E-state index is -0.781. The molecule has 0 spiro atoms. The molecule has 1 aromatic carbocycles. The van der Waals surface area contributed by atoms with Crippen molar-refractivity contribution in [3.05, 3.63) is 54.0 Å². The summed E-state index contributed by atoms with van der Waals surface area (Å²) in [6.07, 6.45) is 2.36. The van der Waals surface area contributed by atoms with Crippen LogP contribution in [0.15, 0.2) is 41.0 Å². The number of furan rings is 1. The highest BCUT2D eigenvalue weighted by molar-refractivity contribution is 7.99. The minimum absolute atomic E-state index is 0.188. The third-order valence-electron chi connectivity index (χ3n) is 3.68. The fraction of sp³-hybridized carbons (Fsp3) is 0.312. The number of para-hydroxylation sites is 1. The van der Waals surface area contributed by atoms with Crippen LogP contribution < -0.4 is 5.32 Å². The van der Waals surface area contributed by atoms with Crippen LogP contribution >= 0.6 is 11.8 Å². The highest BCUT2D eigenvalue weighted by Crippen LogP contribution is 2.34. The van der Waals surface area contributed by atoms with Crippen LogP contribution in [-0.2, 0) is 0 Å². The van der Waals surface area contributed by atoms with E-state index in [9.17, 15) is 13.6 Å². The van der Waals surface area contributed by atoms with Gasteiger partial charge in [-0.15, -0.1) is 11.8 Å². The van der Waals surface area contributed by atoms with Crippen LogP contribution in [0.2, 0.25) is 0 Å². The molecule has 2 amide bonds. The van der Waals surface area contributed by atoms with Crippen molar-refractivity contribution in [2.45, 2.75) is 11.7 Å². The number of rotatable bonds is 2. The van der Waals surface area contributed by atoms with E-state index in [1.165, 1.54) is 6.07 Å². The second-order valence-electron chi connectivity index (χ2n) is 5.18. The van der Waals surface area contributed by atoms with Crippen molar-refractivity contribution >= 4 is 23.5 Å². The summed E-state index contributed by atoms with van der Waals surface area (Å²) in [5, 5.41) is 2.52. The van der Waals surface area contributed by atoms with E-state index >= 15 is 0 Å². The number of thioether (sulfide) groups is 1. The molecule has 3 rings (SSSR count). The van der Waals surface area contributed by atoms with Gasteiger partial charge in [0, 0.05) is 18.8 Å². The fourth-order valence-electron chi connectivity index (χ4n) is 2.48. The summed E-state index contributed by atoms with van der Waals surface area (Å²) in [5.41, 5.74) is -0.406. The second-order valence-corrected chi connectivity index (χ2v) is 6.49. The molecule has 0 aliphatic carbocycles. The quantitative estimate of drug-likeness (QED) is 0.889. The Kier molecular flexibility index (Phi) is 4.85. The van der Waals surface area contributed by atoms with Gasteiger partial charge in [0.05, 0.1) is 11.5 Å². The molecule has 0 bridgehead atoms. The Morgan fingerprint density at radius 1 is 1.22 bits per heavy atom. The Bertz CT molecular complexity index is 658. The molecule has 1 atom stereocenters. The standard InChI is InChI=1S/C16H16F2N2O2S/c17-11-3-1-4-12(18)15(11)19-16(21)20-7-6-14(23-10-8-20)13-5-2-9-22-13/h1-5,9,14H,6-8,10H2,(H,19,21). The van der Waals surface area contributed by atoms with Crippen LogP contribution in [0.5, 0.6) is 0 Å². The lowest BCUT2D eigenvalue weighted by Crippen LogP contribution is -2.37. The molecule has 0 radical (unpaired) electrons. The normalized spacial score (nSPS) is 18.5. The zero-order valence-corrected chi connectivity index (χ0v) is 13.1. The smallest absolute Gasteiger partial charge is 0.322 e. The van der Waals surface area contributed by atoms with Crippen LogP contribution in [0.3, 0.4) is 0 Å². The molecule has 1 aromatic heterocycles. The Hall–Kier alpha value is -2.02. The van der Waals surface area contributed by atoms with Crippen LogP contribution in [0.4, 0.5) is 19.3 Å². The van der Waals surface area contributed by atoms with Crippen LogP contribution in [-0.4, -0.2) is 29.8 Å². The van der Waals surface area contributed by atoms with Gasteiger partial charge in [0.1, 0.15) is 23.1 Å². The fourth-order valence-corrected chi connectivity index (χ4v) is 3.66. The first kappa shape index (κ1) is 15.9. The number of nitrogens with zero attached hydrogens (tertiary/aromatic N) is 1. The van der Waals surface area contributed by atoms with E-state index in [-0.39, 0.29) is 5.25 Å². The van der Waals surface area contributed by atoms with Gasteiger partial charge >= 0.3 is 6.03 Å². The number of carbonyl (C=O) groups is 1. The van der Waals surface area contributed by atoms with E-state index in [1.807, 2.05) is 12.1 Å². The molecule has 1 N–H and O–H groups in total. The Morgan fingerprint density at radius 3 is 2.70 bits per heavy atom. The SMILES string of the molecule is O=C(Nc1c(F)cccc1F)N1CCSC(c2ccco2)CC1. The number of carbonyl (C=O) groups excluding carboxylic acids is 1. The van der Waals surface area contributed by atoms with E-state index in [0.29, 0.717) is 13.1 Å². The first-order chi connectivity index (χ1) is 11.1. The number of urea groups is 1. The molecular formula is C16H16F2N2O2S. The number of nitrogens with one attached hydrogen (secondary N) is 1. The molecule has 2 heterocycles. The predicted molar refractivity (Wildman–Crippen MR) is 85.5 cm³/mol. The van der Waals surface area contributed by atoms with Crippen molar-refractivity contribution < 1.29 is 18.0 Å². The van der Waals surface area contributed by atoms with Gasteiger partial charge in [-0.2, -0.15) is 0 Å². The second kappa shape index (κ2) is 7.04. The number of amides is 2. The summed E-state index contributed by atoms with van der Waals surface area (Å²) in [7, 11) is 0. The van der Waals surface area contributed by atoms with Gasteiger partial charge in [0.25, 0.3) is 0 Å². The molecular weight excluding hydrogens is 322 g/mol. The van der Waals surface area contributed by atoms with Crippen molar-refractivity contribution in [1.29, 1.82) is 0 Å². The molecule has 122 valence electrons. The number of halogens is 2. The molecule has 7 heteroatoms. The maximum absolute atomic E-state index is 13.6. The Labute approximate surface area is 136 Å². The lowest BCUT2D eigenvalue weighted by atomic mass is 10.2. The first-order valence-corrected chi connectivity index (χ1v) is 8.35. The van der Waals surface area contributed by atoms with E-state index in [2.05, 4.69) is 5.32 Å². The highest BCUT2D eigenvalue weighted by Gasteiger charge is 2.24. The lowest BCUT2D eigenvalue weighted by Gasteiger charge is -2.21. The van der Waals surface area contributed by atoms with E-state index in [4.69, 9.17) is 4.42 Å². The Morgan fingerprint density at radius 2 is 2.00 bits per heavy atom. The van der Waals surface area contributed by atoms with Gasteiger partial charge in [0.15, 0.2) is 0 Å². The lowest BCUT2D eigenvalue weighted by molar-refractivity contribution is 0.214. The van der Waals surface area contributed by atoms with E-state index in [1.54, 1.807) is 22.9 Å². The van der Waals surface area contributed by atoms with E-state index in [0.717, 1.165) is 30.1 Å². The Balaban J connectivity index is 1.64. The largest absolute Gasteiger partial charge is 0.468 e. The predicted octanol–water partition coefficient (Wildman–Crippen LogP) is 4.27. The maximum atomic E-state index is 13.6. The molecule has 4 nitrogen and oxygen atoms in total. The molecule has 1 unspecified atom stereocenters. The summed E-state index contributed by atoms with van der Waals surface area (Å²) in [5.74, 6) is 0.0582. The average Bonchev–Trinajstić information content (AvgIpc) is 2.95. The molecule has 1 fully saturated rings. The van der Waals surface area contributed by atoms with Crippen LogP contribution in [0.1, 0.15) is 17.4 Å². The molecule has 1 saturated heterocycles. The number of hydrogen-bond donors (Lipinski definition) is 1. The van der Waals surface area contributed by atoms with Crippen LogP contribution in [0.25, 0.3) is 0 Å². The van der Waals surface area contributed by atoms with Crippen molar-refractivity contribution in [3.63, 3.8) is 0 Å². The third-order valence-corrected chi connectivity index (χ3v) is 4.97. The summed E-state index contributed by atoms with van der Waals surface area (Å²) in [4.78, 5) is 13.8. The van der Waals surface area contributed by atoms with Crippen molar-refractivity contribution in [2.75, 3.05) is 24.2 Å². The van der Waals surface area contributed by atoms with Gasteiger partial charge in [-0.3, -0.25) is 0 Å². The van der Waals surface area contributed by atoms with Crippen molar-refractivity contribution in [3.8, 4) is 0 Å². The van der Waals surface area contributed by atoms with Crippen molar-refractivity contribution in [2.24, 2.45) is 0 Å². The zero-order chi connectivity index (χ0) is 16.2. The van der Waals surface area contributed by atoms with Gasteiger partial charge < -0.3 is 14.6 Å². The molecule has 2 aromatic rings. The molecule has 1 aliphatic rings. The van der Waals surface area contributed by atoms with Crippen LogP contribution in [0, 0.1) is 11.6 Å². The van der Waals surface area contributed by atoms with Crippen molar-refractivity contribution in [1.82, 2.24) is 4.90 Å². The summed E-state index contributed by atoms with van der Waals surface area (Å²) >= 11 is 1.71. The van der Waals surface area contributed by atoms with Gasteiger partial charge in [-0.1, -0.05) is 6.07 Å². The minimum Gasteiger partial charge on any atom is -0.468 e. The molecule has 0 saturated carbocycles. The summed E-state index contributed by atoms with van der Waals surface area (Å²) in [6, 6.07) is 6.76.